The average molecular weight is 690 g/mol. The molecule has 2 aliphatic rings. The zero-order valence-electron chi connectivity index (χ0n) is 27.3. The molecule has 18 heteroatoms. The van der Waals surface area contributed by atoms with Crippen molar-refractivity contribution in [2.45, 2.75) is 44.3 Å². The van der Waals surface area contributed by atoms with E-state index < -0.39 is 41.9 Å². The quantitative estimate of drug-likeness (QED) is 0.0949. The number of rotatable bonds is 17. The number of thioether (sulfide) groups is 1. The van der Waals surface area contributed by atoms with E-state index >= 15 is 0 Å². The van der Waals surface area contributed by atoms with Gasteiger partial charge in [0, 0.05) is 71.5 Å². The number of carboxylic acid groups (broad SMARTS) is 4. The van der Waals surface area contributed by atoms with E-state index in [-0.39, 0.29) is 64.3 Å². The highest BCUT2D eigenvalue weighted by molar-refractivity contribution is 7.98. The van der Waals surface area contributed by atoms with E-state index in [0.29, 0.717) is 51.4 Å². The fourth-order valence-electron chi connectivity index (χ4n) is 5.66. The van der Waals surface area contributed by atoms with E-state index in [1.807, 2.05) is 11.2 Å². The number of nitrogens with zero attached hydrogens (tertiary/aromatic N) is 5. The van der Waals surface area contributed by atoms with E-state index in [0.717, 1.165) is 12.8 Å². The molecule has 6 N–H and O–H groups in total. The number of nitrogens with one attached hydrogen (secondary N) is 2. The molecule has 0 aromatic carbocycles. The molecule has 0 saturated carbocycles. The Morgan fingerprint density at radius 1 is 0.723 bits per heavy atom. The van der Waals surface area contributed by atoms with Crippen LogP contribution in [0.2, 0.25) is 0 Å². The van der Waals surface area contributed by atoms with E-state index in [1.54, 1.807) is 31.4 Å². The minimum Gasteiger partial charge on any atom is -0.480 e. The van der Waals surface area contributed by atoms with Crippen molar-refractivity contribution < 1.29 is 49.2 Å². The molecule has 0 radical (unpaired) electrons. The van der Waals surface area contributed by atoms with Crippen LogP contribution in [0.15, 0.2) is 0 Å². The molecule has 268 valence electrons. The normalized spacial score (nSPS) is 20.9. The molecule has 47 heavy (non-hydrogen) atoms. The Hall–Kier alpha value is -3.03. The van der Waals surface area contributed by atoms with Crippen molar-refractivity contribution in [2.24, 2.45) is 0 Å². The number of carbonyl (C=O) groups is 6. The summed E-state index contributed by atoms with van der Waals surface area (Å²) >= 11 is 1.57. The van der Waals surface area contributed by atoms with Crippen LogP contribution in [-0.4, -0.2) is 202 Å². The molecular weight excluding hydrogens is 638 g/mol. The standard InChI is InChI=1S/C29H51N7O10S/c1-21(29(45)46)31-28(44)23(5-15-47-2)30-16-22-4-3-6-36(22)24(37)17-32-7-9-33(18-25(38)39)11-13-35(20-27(42)43)14-12-34(10-8-32)19-26(40)41/h21-23,30H,3-20H2,1-2H3,(H,31,44)(H,38,39)(H,40,41)(H,42,43)(H,45,46)/t21-,22-,23-/m0/s1. The maximum atomic E-state index is 13.7. The highest BCUT2D eigenvalue weighted by atomic mass is 32.2. The summed E-state index contributed by atoms with van der Waals surface area (Å²) in [6, 6.07) is -1.83. The maximum absolute atomic E-state index is 13.7. The first-order valence-electron chi connectivity index (χ1n) is 15.9. The van der Waals surface area contributed by atoms with Gasteiger partial charge in [0.25, 0.3) is 0 Å². The largest absolute Gasteiger partial charge is 0.480 e. The summed E-state index contributed by atoms with van der Waals surface area (Å²) in [6.45, 7) is 4.03. The molecule has 3 atom stereocenters. The summed E-state index contributed by atoms with van der Waals surface area (Å²) in [5.74, 6) is -4.06. The van der Waals surface area contributed by atoms with Crippen LogP contribution in [0.25, 0.3) is 0 Å². The van der Waals surface area contributed by atoms with Crippen LogP contribution in [0, 0.1) is 0 Å². The summed E-state index contributed by atoms with van der Waals surface area (Å²) in [4.78, 5) is 81.0. The van der Waals surface area contributed by atoms with E-state index in [9.17, 15) is 49.2 Å². The molecule has 2 heterocycles. The number of hydrogen-bond acceptors (Lipinski definition) is 12. The minimum atomic E-state index is -1.13. The summed E-state index contributed by atoms with van der Waals surface area (Å²) < 4.78 is 0. The van der Waals surface area contributed by atoms with Gasteiger partial charge in [-0.3, -0.25) is 48.4 Å². The zero-order valence-corrected chi connectivity index (χ0v) is 28.2. The van der Waals surface area contributed by atoms with Gasteiger partial charge < -0.3 is 36.0 Å². The molecule has 0 bridgehead atoms. The molecule has 2 rings (SSSR count). The summed E-state index contributed by atoms with van der Waals surface area (Å²) in [5, 5.41) is 43.2. The highest BCUT2D eigenvalue weighted by Gasteiger charge is 2.32. The van der Waals surface area contributed by atoms with Crippen LogP contribution in [0.4, 0.5) is 0 Å². The van der Waals surface area contributed by atoms with Gasteiger partial charge in [0.1, 0.15) is 6.04 Å². The van der Waals surface area contributed by atoms with Crippen LogP contribution < -0.4 is 10.6 Å². The SMILES string of the molecule is CSCC[C@H](NC[C@@H]1CCCN1C(=O)CN1CCN(CC(=O)O)CCN(CC(=O)O)CCN(CC(=O)O)CC1)C(=O)N[C@@H](C)C(=O)O. The molecule has 0 spiro atoms. The molecule has 0 aromatic heterocycles. The number of hydrogen-bond donors (Lipinski definition) is 6. The lowest BCUT2D eigenvalue weighted by molar-refractivity contribution is -0.141. The van der Waals surface area contributed by atoms with Crippen molar-refractivity contribution in [1.29, 1.82) is 0 Å². The summed E-state index contributed by atoms with van der Waals surface area (Å²) in [6.07, 6.45) is 3.91. The van der Waals surface area contributed by atoms with Gasteiger partial charge in [-0.2, -0.15) is 11.8 Å². The minimum absolute atomic E-state index is 0.0377. The first-order valence-corrected chi connectivity index (χ1v) is 17.3. The molecule has 2 amide bonds. The lowest BCUT2D eigenvalue weighted by atomic mass is 10.1. The van der Waals surface area contributed by atoms with Gasteiger partial charge in [-0.05, 0) is 38.2 Å². The van der Waals surface area contributed by atoms with Crippen LogP contribution >= 0.6 is 11.8 Å². The molecular formula is C29H51N7O10S. The van der Waals surface area contributed by atoms with Crippen molar-refractivity contribution in [1.82, 2.24) is 35.1 Å². The number of amides is 2. The Bertz CT molecular complexity index is 1040. The van der Waals surface area contributed by atoms with Crippen LogP contribution in [0.3, 0.4) is 0 Å². The van der Waals surface area contributed by atoms with Crippen molar-refractivity contribution in [3.8, 4) is 0 Å². The number of carboxylic acids is 4. The fraction of sp³-hybridized carbons (Fsp3) is 0.793. The number of likely N-dealkylation sites (tertiary alicyclic amines) is 1. The Morgan fingerprint density at radius 3 is 1.57 bits per heavy atom. The number of aliphatic carboxylic acids is 4. The average Bonchev–Trinajstić information content (AvgIpc) is 3.46. The third-order valence-electron chi connectivity index (χ3n) is 8.32. The second-order valence-electron chi connectivity index (χ2n) is 12.0. The van der Waals surface area contributed by atoms with Gasteiger partial charge >= 0.3 is 23.9 Å². The first-order chi connectivity index (χ1) is 22.3. The summed E-state index contributed by atoms with van der Waals surface area (Å²) in [5.41, 5.74) is 0. The Morgan fingerprint density at radius 2 is 1.17 bits per heavy atom. The second kappa shape index (κ2) is 21.0. The third-order valence-corrected chi connectivity index (χ3v) is 8.96. The van der Waals surface area contributed by atoms with Crippen LogP contribution in [0.5, 0.6) is 0 Å². The van der Waals surface area contributed by atoms with Crippen LogP contribution in [-0.2, 0) is 28.8 Å². The second-order valence-corrected chi connectivity index (χ2v) is 13.0. The third kappa shape index (κ3) is 15.6. The van der Waals surface area contributed by atoms with E-state index in [1.165, 1.54) is 6.92 Å². The Balaban J connectivity index is 2.12. The van der Waals surface area contributed by atoms with E-state index in [2.05, 4.69) is 10.6 Å². The topological polar surface area (TPSA) is 224 Å². The smallest absolute Gasteiger partial charge is 0.325 e. The maximum Gasteiger partial charge on any atom is 0.325 e. The molecule has 0 unspecified atom stereocenters. The Labute approximate surface area is 279 Å². The Kier molecular flexibility index (Phi) is 18.0. The van der Waals surface area contributed by atoms with Gasteiger partial charge in [-0.25, -0.2) is 0 Å². The first kappa shape index (κ1) is 40.1. The predicted molar refractivity (Wildman–Crippen MR) is 173 cm³/mol. The van der Waals surface area contributed by atoms with Crippen LogP contribution in [0.1, 0.15) is 26.2 Å². The van der Waals surface area contributed by atoms with Gasteiger partial charge in [-0.1, -0.05) is 0 Å². The summed E-state index contributed by atoms with van der Waals surface area (Å²) in [7, 11) is 0. The van der Waals surface area contributed by atoms with Gasteiger partial charge in [0.05, 0.1) is 32.2 Å². The molecule has 2 saturated heterocycles. The van der Waals surface area contributed by atoms with Gasteiger partial charge in [0.15, 0.2) is 0 Å². The highest BCUT2D eigenvalue weighted by Crippen LogP contribution is 2.18. The monoisotopic (exact) mass is 689 g/mol. The predicted octanol–water partition coefficient (Wildman–Crippen LogP) is -2.25. The van der Waals surface area contributed by atoms with Crippen molar-refractivity contribution in [3.63, 3.8) is 0 Å². The lowest BCUT2D eigenvalue weighted by Gasteiger charge is -2.34. The number of carbonyl (C=O) groups excluding carboxylic acids is 2. The van der Waals surface area contributed by atoms with Crippen molar-refractivity contribution in [3.05, 3.63) is 0 Å². The van der Waals surface area contributed by atoms with Gasteiger partial charge in [0.2, 0.25) is 11.8 Å². The fourth-order valence-corrected chi connectivity index (χ4v) is 6.13. The molecule has 0 aliphatic carbocycles. The van der Waals surface area contributed by atoms with Crippen molar-refractivity contribution >= 4 is 47.5 Å². The van der Waals surface area contributed by atoms with Crippen molar-refractivity contribution in [2.75, 3.05) is 104 Å². The van der Waals surface area contributed by atoms with E-state index in [4.69, 9.17) is 0 Å². The molecule has 2 aliphatic heterocycles. The molecule has 0 aromatic rings. The van der Waals surface area contributed by atoms with Gasteiger partial charge in [-0.15, -0.1) is 0 Å². The molecule has 2 fully saturated rings. The molecule has 17 nitrogen and oxygen atoms in total. The zero-order chi connectivity index (χ0) is 34.9. The lowest BCUT2D eigenvalue weighted by Crippen LogP contribution is -2.53.